The van der Waals surface area contributed by atoms with Crippen molar-refractivity contribution in [3.8, 4) is 0 Å². The van der Waals surface area contributed by atoms with E-state index in [0.717, 1.165) is 0 Å². The molecule has 0 fully saturated rings. The Bertz CT molecular complexity index is 3.90. The van der Waals surface area contributed by atoms with Crippen LogP contribution in [0, 0.1) is 0 Å². The van der Waals surface area contributed by atoms with E-state index in [1.165, 1.54) is 0 Å². The average Bonchev–Trinajstić information content (AvgIpc) is 0. The third kappa shape index (κ3) is 35.4. The second kappa shape index (κ2) is 58.8. The predicted molar refractivity (Wildman–Crippen MR) is 36.2 cm³/mol. The summed E-state index contributed by atoms with van der Waals surface area (Å²) in [5.41, 5.74) is 0. The Hall–Kier alpha value is 2.14. The number of hydrogen-bond acceptors (Lipinski definition) is 0. The van der Waals surface area contributed by atoms with Gasteiger partial charge in [-0.2, -0.15) is 0 Å². The fraction of sp³-hybridized carbons (Fsp3) is 0. The minimum Gasteiger partial charge on any atom is -0.147 e. The van der Waals surface area contributed by atoms with Gasteiger partial charge in [0, 0.05) is 21.1 Å². The molecule has 0 aromatic heterocycles. The molecular formula is H5Cl5Mo. The number of rotatable bonds is 0. The molecule has 0 spiro atoms. The van der Waals surface area contributed by atoms with Crippen LogP contribution in [-0.4, -0.2) is 0 Å². The molecule has 6 heteroatoms. The van der Waals surface area contributed by atoms with Crippen LogP contribution in [0.15, 0.2) is 0 Å². The van der Waals surface area contributed by atoms with Gasteiger partial charge in [-0.1, -0.05) is 0 Å². The third-order valence-electron chi connectivity index (χ3n) is 0. The maximum absolute atomic E-state index is 0. The van der Waals surface area contributed by atoms with Gasteiger partial charge in [-0.15, -0.1) is 62.0 Å². The topological polar surface area (TPSA) is 0 Å². The monoisotopic (exact) mass is 278 g/mol. The quantitative estimate of drug-likeness (QED) is 0.595. The van der Waals surface area contributed by atoms with E-state index in [0.29, 0.717) is 0 Å². The van der Waals surface area contributed by atoms with Gasteiger partial charge in [0.1, 0.15) is 0 Å². The molecule has 6 heavy (non-hydrogen) atoms. The van der Waals surface area contributed by atoms with Gasteiger partial charge in [-0.05, 0) is 0 Å². The van der Waals surface area contributed by atoms with Crippen LogP contribution in [0.3, 0.4) is 0 Å². The first kappa shape index (κ1) is 90.7. The van der Waals surface area contributed by atoms with Crippen molar-refractivity contribution in [1.29, 1.82) is 0 Å². The Labute approximate surface area is 82.5 Å². The molecule has 0 saturated heterocycles. The van der Waals surface area contributed by atoms with Crippen molar-refractivity contribution in [3.05, 3.63) is 0 Å². The SMILES string of the molecule is Cl.Cl.Cl.Cl.Cl.[Mo]. The smallest absolute Gasteiger partial charge is 0 e. The zero-order valence-electron chi connectivity index (χ0n) is 2.45. The van der Waals surface area contributed by atoms with Crippen molar-refractivity contribution < 1.29 is 21.1 Å². The van der Waals surface area contributed by atoms with Crippen LogP contribution < -0.4 is 0 Å². The molecule has 0 aliphatic carbocycles. The molecule has 0 aliphatic heterocycles. The fourth-order valence-corrected chi connectivity index (χ4v) is 0. The van der Waals surface area contributed by atoms with E-state index in [4.69, 9.17) is 0 Å². The summed E-state index contributed by atoms with van der Waals surface area (Å²) in [5.74, 6) is 0. The normalized spacial score (nSPS) is 0. The Morgan fingerprint density at radius 1 is 0.333 bits per heavy atom. The number of halogens is 5. The van der Waals surface area contributed by atoms with Crippen LogP contribution in [0.5, 0.6) is 0 Å². The summed E-state index contributed by atoms with van der Waals surface area (Å²) >= 11 is 0. The van der Waals surface area contributed by atoms with Crippen molar-refractivity contribution in [2.45, 2.75) is 0 Å². The summed E-state index contributed by atoms with van der Waals surface area (Å²) in [5, 5.41) is 0. The van der Waals surface area contributed by atoms with E-state index in [1.54, 1.807) is 0 Å². The second-order valence-corrected chi connectivity index (χ2v) is 0. The van der Waals surface area contributed by atoms with Gasteiger partial charge in [0.25, 0.3) is 0 Å². The minimum atomic E-state index is 0. The average molecular weight is 278 g/mol. The van der Waals surface area contributed by atoms with Gasteiger partial charge in [0.05, 0.1) is 0 Å². The summed E-state index contributed by atoms with van der Waals surface area (Å²) in [6.07, 6.45) is 0. The zero-order chi connectivity index (χ0) is 0. The summed E-state index contributed by atoms with van der Waals surface area (Å²) in [7, 11) is 0. The van der Waals surface area contributed by atoms with Gasteiger partial charge in [-0.25, -0.2) is 0 Å². The van der Waals surface area contributed by atoms with Crippen molar-refractivity contribution in [3.63, 3.8) is 0 Å². The van der Waals surface area contributed by atoms with Gasteiger partial charge >= 0.3 is 0 Å². The van der Waals surface area contributed by atoms with E-state index >= 15 is 0 Å². The van der Waals surface area contributed by atoms with Gasteiger partial charge in [0.15, 0.2) is 0 Å². The number of hydrogen-bond donors (Lipinski definition) is 0. The van der Waals surface area contributed by atoms with E-state index in [9.17, 15) is 0 Å². The Morgan fingerprint density at radius 3 is 0.333 bits per heavy atom. The van der Waals surface area contributed by atoms with Gasteiger partial charge in [0.2, 0.25) is 0 Å². The van der Waals surface area contributed by atoms with Gasteiger partial charge < -0.3 is 0 Å². The van der Waals surface area contributed by atoms with Crippen LogP contribution in [-0.2, 0) is 21.1 Å². The molecule has 0 nitrogen and oxygen atoms in total. The minimum absolute atomic E-state index is 0. The largest absolute Gasteiger partial charge is 0.147 e. The van der Waals surface area contributed by atoms with Gasteiger partial charge in [-0.3, -0.25) is 0 Å². The molecule has 0 heterocycles. The first-order chi connectivity index (χ1) is 0. The summed E-state index contributed by atoms with van der Waals surface area (Å²) in [4.78, 5) is 0. The predicted octanol–water partition coefficient (Wildman–Crippen LogP) is 2.11. The van der Waals surface area contributed by atoms with E-state index < -0.39 is 0 Å². The van der Waals surface area contributed by atoms with Crippen molar-refractivity contribution in [2.75, 3.05) is 0 Å². The molecule has 0 aliphatic rings. The molecule has 0 radical (unpaired) electrons. The Balaban J connectivity index is 0. The molecule has 0 aromatic rings. The molecule has 0 bridgehead atoms. The Morgan fingerprint density at radius 2 is 0.333 bits per heavy atom. The first-order valence-corrected chi connectivity index (χ1v) is 0. The first-order valence-electron chi connectivity index (χ1n) is 0. The molecule has 0 saturated carbocycles. The standard InChI is InChI=1S/5ClH.Mo/h5*1H;. The maximum atomic E-state index is 0. The third-order valence-corrected chi connectivity index (χ3v) is 0. The van der Waals surface area contributed by atoms with E-state index in [2.05, 4.69) is 0 Å². The Kier molecular flexibility index (Phi) is 889. The fourth-order valence-electron chi connectivity index (χ4n) is 0. The van der Waals surface area contributed by atoms with Crippen molar-refractivity contribution in [2.24, 2.45) is 0 Å². The van der Waals surface area contributed by atoms with Crippen LogP contribution in [0.4, 0.5) is 0 Å². The van der Waals surface area contributed by atoms with Crippen LogP contribution in [0.1, 0.15) is 0 Å². The molecule has 0 rings (SSSR count). The zero-order valence-corrected chi connectivity index (χ0v) is 8.54. The van der Waals surface area contributed by atoms with E-state index in [1.807, 2.05) is 0 Å². The molecule has 0 aromatic carbocycles. The molecule has 0 unspecified atom stereocenters. The van der Waals surface area contributed by atoms with Crippen molar-refractivity contribution in [1.82, 2.24) is 0 Å². The van der Waals surface area contributed by atoms with Crippen LogP contribution in [0.25, 0.3) is 0 Å². The maximum Gasteiger partial charge on any atom is 0 e. The van der Waals surface area contributed by atoms with E-state index in [-0.39, 0.29) is 83.1 Å². The molecular weight excluding hydrogens is 273 g/mol. The summed E-state index contributed by atoms with van der Waals surface area (Å²) in [6.45, 7) is 0. The summed E-state index contributed by atoms with van der Waals surface area (Å²) in [6, 6.07) is 0. The van der Waals surface area contributed by atoms with Crippen molar-refractivity contribution >= 4 is 62.0 Å². The molecule has 46 valence electrons. The molecule has 0 atom stereocenters. The second-order valence-electron chi connectivity index (χ2n) is 0. The molecule has 0 N–H and O–H groups in total. The van der Waals surface area contributed by atoms with Crippen LogP contribution >= 0.6 is 62.0 Å². The summed E-state index contributed by atoms with van der Waals surface area (Å²) < 4.78 is 0. The molecule has 0 amide bonds. The van der Waals surface area contributed by atoms with Crippen LogP contribution in [0.2, 0.25) is 0 Å².